The highest BCUT2D eigenvalue weighted by atomic mass is 35.5. The summed E-state index contributed by atoms with van der Waals surface area (Å²) < 4.78 is 6.58. The molecule has 1 aliphatic heterocycles. The Balaban J connectivity index is 1.60. The number of fused-ring (bicyclic) bond motifs is 1. The van der Waals surface area contributed by atoms with Gasteiger partial charge >= 0.3 is 0 Å². The van der Waals surface area contributed by atoms with E-state index in [0.717, 1.165) is 60.2 Å². The number of amides is 1. The van der Waals surface area contributed by atoms with Crippen molar-refractivity contribution in [1.82, 2.24) is 9.88 Å². The molecule has 158 valence electrons. The van der Waals surface area contributed by atoms with Crippen molar-refractivity contribution in [3.05, 3.63) is 58.1 Å². The van der Waals surface area contributed by atoms with Crippen LogP contribution in [-0.2, 0) is 4.74 Å². The summed E-state index contributed by atoms with van der Waals surface area (Å²) in [5.41, 5.74) is 3.92. The van der Waals surface area contributed by atoms with E-state index in [1.807, 2.05) is 4.90 Å². The van der Waals surface area contributed by atoms with Crippen LogP contribution < -0.4 is 4.90 Å². The number of morpholine rings is 1. The Morgan fingerprint density at radius 3 is 2.53 bits per heavy atom. The van der Waals surface area contributed by atoms with E-state index >= 15 is 0 Å². The lowest BCUT2D eigenvalue weighted by molar-refractivity contribution is 0.0376. The molecule has 7 heteroatoms. The zero-order valence-corrected chi connectivity index (χ0v) is 18.9. The second-order valence-corrected chi connectivity index (χ2v) is 9.06. The van der Waals surface area contributed by atoms with Crippen LogP contribution in [0.25, 0.3) is 10.2 Å². The van der Waals surface area contributed by atoms with E-state index in [9.17, 15) is 4.79 Å². The maximum atomic E-state index is 13.4. The molecule has 1 amide bonds. The van der Waals surface area contributed by atoms with Crippen LogP contribution in [0.5, 0.6) is 0 Å². The van der Waals surface area contributed by atoms with E-state index < -0.39 is 0 Å². The van der Waals surface area contributed by atoms with E-state index in [1.54, 1.807) is 35.6 Å². The Morgan fingerprint density at radius 1 is 1.13 bits per heavy atom. The summed E-state index contributed by atoms with van der Waals surface area (Å²) in [4.78, 5) is 22.5. The topological polar surface area (TPSA) is 45.7 Å². The predicted octanol–water partition coefficient (Wildman–Crippen LogP) is 4.94. The third kappa shape index (κ3) is 4.67. The van der Waals surface area contributed by atoms with E-state index in [4.69, 9.17) is 21.3 Å². The first kappa shape index (κ1) is 21.2. The van der Waals surface area contributed by atoms with Gasteiger partial charge in [0.15, 0.2) is 5.13 Å². The summed E-state index contributed by atoms with van der Waals surface area (Å²) in [6.45, 7) is 9.18. The van der Waals surface area contributed by atoms with E-state index in [1.165, 1.54) is 5.56 Å². The molecule has 1 aromatic heterocycles. The number of thiazole rings is 1. The minimum Gasteiger partial charge on any atom is -0.379 e. The van der Waals surface area contributed by atoms with Crippen LogP contribution in [0, 0.1) is 13.8 Å². The number of anilines is 1. The molecule has 2 heterocycles. The van der Waals surface area contributed by atoms with Crippen LogP contribution in [0.3, 0.4) is 0 Å². The Bertz CT molecular complexity index is 990. The van der Waals surface area contributed by atoms with Crippen LogP contribution >= 0.6 is 22.9 Å². The molecule has 0 unspecified atom stereocenters. The van der Waals surface area contributed by atoms with E-state index in [2.05, 4.69) is 30.9 Å². The highest BCUT2D eigenvalue weighted by Crippen LogP contribution is 2.34. The first-order valence-electron chi connectivity index (χ1n) is 10.3. The molecule has 2 aromatic carbocycles. The van der Waals surface area contributed by atoms with Crippen LogP contribution in [-0.4, -0.2) is 55.2 Å². The van der Waals surface area contributed by atoms with Crippen LogP contribution in [0.15, 0.2) is 36.4 Å². The average Bonchev–Trinajstić information content (AvgIpc) is 3.21. The molecule has 0 radical (unpaired) electrons. The lowest BCUT2D eigenvalue weighted by Gasteiger charge is -2.27. The van der Waals surface area contributed by atoms with Crippen molar-refractivity contribution >= 4 is 44.2 Å². The van der Waals surface area contributed by atoms with Crippen molar-refractivity contribution in [2.75, 3.05) is 44.3 Å². The molecule has 3 aromatic rings. The zero-order chi connectivity index (χ0) is 21.1. The fraction of sp³-hybridized carbons (Fsp3) is 0.391. The fourth-order valence-electron chi connectivity index (χ4n) is 3.67. The number of hydrogen-bond donors (Lipinski definition) is 0. The maximum Gasteiger partial charge on any atom is 0.260 e. The highest BCUT2D eigenvalue weighted by Gasteiger charge is 2.22. The van der Waals surface area contributed by atoms with Gasteiger partial charge in [0.1, 0.15) is 0 Å². The summed E-state index contributed by atoms with van der Waals surface area (Å²) in [7, 11) is 0. The number of carbonyl (C=O) groups excluding carboxylic acids is 1. The molecule has 0 aliphatic carbocycles. The van der Waals surface area contributed by atoms with Crippen LogP contribution in [0.4, 0.5) is 5.13 Å². The summed E-state index contributed by atoms with van der Waals surface area (Å²) in [6, 6.07) is 11.3. The van der Waals surface area contributed by atoms with Crippen molar-refractivity contribution in [2.24, 2.45) is 0 Å². The molecule has 5 nitrogen and oxygen atoms in total. The number of hydrogen-bond acceptors (Lipinski definition) is 5. The van der Waals surface area contributed by atoms with Crippen molar-refractivity contribution in [2.45, 2.75) is 20.3 Å². The number of aromatic nitrogens is 1. The van der Waals surface area contributed by atoms with Crippen molar-refractivity contribution in [3.8, 4) is 0 Å². The van der Waals surface area contributed by atoms with Gasteiger partial charge in [-0.05, 0) is 55.7 Å². The van der Waals surface area contributed by atoms with Gasteiger partial charge in [-0.3, -0.25) is 14.6 Å². The van der Waals surface area contributed by atoms with Gasteiger partial charge in [0, 0.05) is 36.8 Å². The molecule has 0 saturated carbocycles. The van der Waals surface area contributed by atoms with Gasteiger partial charge in [-0.25, -0.2) is 4.98 Å². The molecule has 1 saturated heterocycles. The normalized spacial score (nSPS) is 14.9. The Kier molecular flexibility index (Phi) is 6.68. The lowest BCUT2D eigenvalue weighted by Crippen LogP contribution is -2.39. The second-order valence-electron chi connectivity index (χ2n) is 7.64. The molecular formula is C23H26ClN3O2S. The first-order valence-corrected chi connectivity index (χ1v) is 11.5. The fourth-order valence-corrected chi connectivity index (χ4v) is 4.94. The van der Waals surface area contributed by atoms with Gasteiger partial charge in [-0.2, -0.15) is 0 Å². The van der Waals surface area contributed by atoms with Crippen molar-refractivity contribution in [1.29, 1.82) is 0 Å². The lowest BCUT2D eigenvalue weighted by atomic mass is 10.1. The maximum absolute atomic E-state index is 13.4. The predicted molar refractivity (Wildman–Crippen MR) is 124 cm³/mol. The SMILES string of the molecule is Cc1ccc(C)c2sc(N(CCCN3CCOCC3)C(=O)c3ccc(Cl)cc3)nc12. The second kappa shape index (κ2) is 9.43. The molecule has 0 atom stereocenters. The highest BCUT2D eigenvalue weighted by molar-refractivity contribution is 7.22. The smallest absolute Gasteiger partial charge is 0.260 e. The Labute approximate surface area is 186 Å². The Morgan fingerprint density at radius 2 is 1.83 bits per heavy atom. The molecule has 1 fully saturated rings. The quantitative estimate of drug-likeness (QED) is 0.541. The number of ether oxygens (including phenoxy) is 1. The molecular weight excluding hydrogens is 418 g/mol. The van der Waals surface area contributed by atoms with Crippen molar-refractivity contribution < 1.29 is 9.53 Å². The van der Waals surface area contributed by atoms with Gasteiger partial charge in [0.05, 0.1) is 23.4 Å². The largest absolute Gasteiger partial charge is 0.379 e. The number of carbonyl (C=O) groups is 1. The minimum absolute atomic E-state index is 0.0389. The van der Waals surface area contributed by atoms with Gasteiger partial charge < -0.3 is 4.74 Å². The number of aryl methyl sites for hydroxylation is 2. The van der Waals surface area contributed by atoms with E-state index in [0.29, 0.717) is 17.1 Å². The van der Waals surface area contributed by atoms with Crippen molar-refractivity contribution in [3.63, 3.8) is 0 Å². The molecule has 30 heavy (non-hydrogen) atoms. The number of benzene rings is 2. The first-order chi connectivity index (χ1) is 14.5. The van der Waals surface area contributed by atoms with Gasteiger partial charge in [0.25, 0.3) is 5.91 Å². The molecule has 1 aliphatic rings. The summed E-state index contributed by atoms with van der Waals surface area (Å²) in [6.07, 6.45) is 0.882. The van der Waals surface area contributed by atoms with Gasteiger partial charge in [0.2, 0.25) is 0 Å². The number of nitrogens with zero attached hydrogens (tertiary/aromatic N) is 3. The summed E-state index contributed by atoms with van der Waals surface area (Å²) in [5, 5.41) is 1.38. The monoisotopic (exact) mass is 443 g/mol. The van der Waals surface area contributed by atoms with E-state index in [-0.39, 0.29) is 5.91 Å². The number of rotatable bonds is 6. The summed E-state index contributed by atoms with van der Waals surface area (Å²) in [5.74, 6) is -0.0389. The third-order valence-electron chi connectivity index (χ3n) is 5.46. The standard InChI is InChI=1S/C23H26ClN3O2S/c1-16-4-5-17(2)21-20(16)25-23(30-21)27(11-3-10-26-12-14-29-15-13-26)22(28)18-6-8-19(24)9-7-18/h4-9H,3,10-15H2,1-2H3. The average molecular weight is 444 g/mol. The van der Waals surface area contributed by atoms with Gasteiger partial charge in [-0.1, -0.05) is 35.1 Å². The molecule has 4 rings (SSSR count). The van der Waals surface area contributed by atoms with Crippen LogP contribution in [0.2, 0.25) is 5.02 Å². The molecule has 0 spiro atoms. The zero-order valence-electron chi connectivity index (χ0n) is 17.4. The minimum atomic E-state index is -0.0389. The number of halogens is 1. The molecule has 0 bridgehead atoms. The third-order valence-corrected chi connectivity index (χ3v) is 6.92. The van der Waals surface area contributed by atoms with Gasteiger partial charge in [-0.15, -0.1) is 0 Å². The van der Waals surface area contributed by atoms with Crippen LogP contribution in [0.1, 0.15) is 27.9 Å². The summed E-state index contributed by atoms with van der Waals surface area (Å²) >= 11 is 7.61. The Hall–Kier alpha value is -1.99. The molecule has 0 N–H and O–H groups in total.